The van der Waals surface area contributed by atoms with Gasteiger partial charge in [0.25, 0.3) is 5.56 Å². The first-order valence-electron chi connectivity index (χ1n) is 9.43. The molecule has 0 saturated heterocycles. The van der Waals surface area contributed by atoms with Gasteiger partial charge >= 0.3 is 5.97 Å². The Kier molecular flexibility index (Phi) is 5.05. The number of ether oxygens (including phenoxy) is 2. The summed E-state index contributed by atoms with van der Waals surface area (Å²) in [4.78, 5) is 32.0. The van der Waals surface area contributed by atoms with Gasteiger partial charge in [0.1, 0.15) is 28.4 Å². The Morgan fingerprint density at radius 1 is 1.17 bits per heavy atom. The molecule has 0 amide bonds. The first kappa shape index (κ1) is 19.4. The number of hydrogen-bond acceptors (Lipinski definition) is 6. The van der Waals surface area contributed by atoms with Crippen molar-refractivity contribution in [3.8, 4) is 34.1 Å². The molecule has 4 rings (SSSR count). The minimum atomic E-state index is -0.346. The summed E-state index contributed by atoms with van der Waals surface area (Å²) < 4.78 is 12.3. The summed E-state index contributed by atoms with van der Waals surface area (Å²) in [5.74, 6) is 0.767. The van der Waals surface area contributed by atoms with Gasteiger partial charge in [0.05, 0.1) is 12.7 Å². The molecule has 0 aliphatic heterocycles. The molecule has 0 aliphatic carbocycles. The molecule has 8 heteroatoms. The average Bonchev–Trinajstić information content (AvgIpc) is 3.11. The zero-order valence-corrected chi connectivity index (χ0v) is 16.8. The predicted octanol–water partition coefficient (Wildman–Crippen LogP) is 3.31. The number of aryl methyl sites for hydroxylation is 1. The number of carbonyl (C=O) groups is 1. The number of carbonyl (C=O) groups excluding carboxylic acids is 1. The molecule has 0 atom stereocenters. The maximum absolute atomic E-state index is 13.0. The SMILES string of the molecule is CCC(=O)Oc1ccc(-c2nc3c(c(-c4ccccc4)nn3C)c(=O)[nH]2)c(OC)c1. The van der Waals surface area contributed by atoms with Crippen molar-refractivity contribution >= 4 is 17.0 Å². The number of aromatic amines is 1. The predicted molar refractivity (Wildman–Crippen MR) is 112 cm³/mol. The summed E-state index contributed by atoms with van der Waals surface area (Å²) in [6, 6.07) is 14.4. The van der Waals surface area contributed by atoms with Gasteiger partial charge in [0, 0.05) is 25.1 Å². The van der Waals surface area contributed by atoms with Crippen LogP contribution in [0.25, 0.3) is 33.7 Å². The Morgan fingerprint density at radius 3 is 2.63 bits per heavy atom. The molecule has 0 fully saturated rings. The van der Waals surface area contributed by atoms with Gasteiger partial charge < -0.3 is 14.5 Å². The normalized spacial score (nSPS) is 10.9. The Bertz CT molecular complexity index is 1290. The number of nitrogens with one attached hydrogen (secondary N) is 1. The maximum Gasteiger partial charge on any atom is 0.310 e. The Labute approximate surface area is 172 Å². The third kappa shape index (κ3) is 3.43. The van der Waals surface area contributed by atoms with Gasteiger partial charge in [0.15, 0.2) is 5.65 Å². The van der Waals surface area contributed by atoms with Crippen molar-refractivity contribution in [2.24, 2.45) is 7.05 Å². The van der Waals surface area contributed by atoms with Gasteiger partial charge in [-0.05, 0) is 12.1 Å². The average molecular weight is 404 g/mol. The van der Waals surface area contributed by atoms with E-state index in [0.717, 1.165) is 5.56 Å². The largest absolute Gasteiger partial charge is 0.496 e. The van der Waals surface area contributed by atoms with Crippen molar-refractivity contribution < 1.29 is 14.3 Å². The van der Waals surface area contributed by atoms with Crippen LogP contribution < -0.4 is 15.0 Å². The summed E-state index contributed by atoms with van der Waals surface area (Å²) in [5, 5.41) is 4.92. The molecule has 0 bridgehead atoms. The van der Waals surface area contributed by atoms with E-state index >= 15 is 0 Å². The molecular weight excluding hydrogens is 384 g/mol. The molecule has 152 valence electrons. The minimum absolute atomic E-state index is 0.264. The second-order valence-electron chi connectivity index (χ2n) is 6.64. The van der Waals surface area contributed by atoms with Gasteiger partial charge in [-0.15, -0.1) is 0 Å². The first-order chi connectivity index (χ1) is 14.5. The number of hydrogen-bond donors (Lipinski definition) is 1. The third-order valence-electron chi connectivity index (χ3n) is 4.69. The Hall–Kier alpha value is -3.94. The summed E-state index contributed by atoms with van der Waals surface area (Å²) >= 11 is 0. The lowest BCUT2D eigenvalue weighted by Gasteiger charge is -2.10. The molecule has 0 radical (unpaired) electrons. The van der Waals surface area contributed by atoms with Crippen LogP contribution in [0.2, 0.25) is 0 Å². The quantitative estimate of drug-likeness (QED) is 0.405. The molecule has 0 unspecified atom stereocenters. The highest BCUT2D eigenvalue weighted by Crippen LogP contribution is 2.32. The third-order valence-corrected chi connectivity index (χ3v) is 4.69. The van der Waals surface area contributed by atoms with Gasteiger partial charge in [-0.25, -0.2) is 9.67 Å². The number of aromatic nitrogens is 4. The fourth-order valence-corrected chi connectivity index (χ4v) is 3.22. The van der Waals surface area contributed by atoms with E-state index in [1.54, 1.807) is 36.9 Å². The number of fused-ring (bicyclic) bond motifs is 1. The van der Waals surface area contributed by atoms with Crippen LogP contribution in [0.4, 0.5) is 0 Å². The highest BCUT2D eigenvalue weighted by atomic mass is 16.5. The van der Waals surface area contributed by atoms with Gasteiger partial charge in [0.2, 0.25) is 0 Å². The maximum atomic E-state index is 13.0. The molecule has 0 aliphatic rings. The van der Waals surface area contributed by atoms with Crippen molar-refractivity contribution in [3.05, 3.63) is 58.9 Å². The standard InChI is InChI=1S/C22H20N4O4/c1-4-17(27)30-14-10-11-15(16(12-14)29-3)20-23-21-18(22(28)24-20)19(25-26(21)2)13-8-6-5-7-9-13/h5-12H,4H2,1-3H3,(H,23,24,28). The zero-order valence-electron chi connectivity index (χ0n) is 16.8. The summed E-state index contributed by atoms with van der Waals surface area (Å²) in [6.07, 6.45) is 0.264. The van der Waals surface area contributed by atoms with Crippen LogP contribution in [0.3, 0.4) is 0 Å². The first-order valence-corrected chi connectivity index (χ1v) is 9.43. The molecule has 2 heterocycles. The van der Waals surface area contributed by atoms with Crippen molar-refractivity contribution in [2.75, 3.05) is 7.11 Å². The van der Waals surface area contributed by atoms with Crippen LogP contribution in [0.5, 0.6) is 11.5 Å². The lowest BCUT2D eigenvalue weighted by atomic mass is 10.1. The molecule has 2 aromatic heterocycles. The summed E-state index contributed by atoms with van der Waals surface area (Å²) in [6.45, 7) is 1.72. The van der Waals surface area contributed by atoms with Crippen LogP contribution in [-0.4, -0.2) is 32.8 Å². The number of esters is 1. The minimum Gasteiger partial charge on any atom is -0.496 e. The van der Waals surface area contributed by atoms with E-state index in [2.05, 4.69) is 15.1 Å². The fraction of sp³-hybridized carbons (Fsp3) is 0.182. The van der Waals surface area contributed by atoms with Crippen LogP contribution in [0.1, 0.15) is 13.3 Å². The number of H-pyrrole nitrogens is 1. The zero-order chi connectivity index (χ0) is 21.3. The molecule has 8 nitrogen and oxygen atoms in total. The molecule has 0 spiro atoms. The number of rotatable bonds is 5. The van der Waals surface area contributed by atoms with Gasteiger partial charge in [-0.1, -0.05) is 37.3 Å². The van der Waals surface area contributed by atoms with Gasteiger partial charge in [-0.3, -0.25) is 9.59 Å². The molecular formula is C22H20N4O4. The van der Waals surface area contributed by atoms with Gasteiger partial charge in [-0.2, -0.15) is 5.10 Å². The van der Waals surface area contributed by atoms with Crippen molar-refractivity contribution in [1.29, 1.82) is 0 Å². The van der Waals surface area contributed by atoms with Crippen molar-refractivity contribution in [1.82, 2.24) is 19.7 Å². The van der Waals surface area contributed by atoms with E-state index in [4.69, 9.17) is 9.47 Å². The van der Waals surface area contributed by atoms with E-state index in [-0.39, 0.29) is 17.9 Å². The Balaban J connectivity index is 1.84. The molecule has 2 aromatic carbocycles. The second kappa shape index (κ2) is 7.82. The Morgan fingerprint density at radius 2 is 1.93 bits per heavy atom. The monoisotopic (exact) mass is 404 g/mol. The van der Waals surface area contributed by atoms with Crippen LogP contribution in [-0.2, 0) is 11.8 Å². The smallest absolute Gasteiger partial charge is 0.310 e. The van der Waals surface area contributed by atoms with Crippen molar-refractivity contribution in [3.63, 3.8) is 0 Å². The highest BCUT2D eigenvalue weighted by Gasteiger charge is 2.19. The second-order valence-corrected chi connectivity index (χ2v) is 6.64. The van der Waals surface area contributed by atoms with Crippen LogP contribution in [0.15, 0.2) is 53.3 Å². The molecule has 1 N–H and O–H groups in total. The van der Waals surface area contributed by atoms with E-state index in [1.807, 2.05) is 30.3 Å². The lowest BCUT2D eigenvalue weighted by molar-refractivity contribution is -0.134. The highest BCUT2D eigenvalue weighted by molar-refractivity contribution is 5.91. The fourth-order valence-electron chi connectivity index (χ4n) is 3.22. The summed E-state index contributed by atoms with van der Waals surface area (Å²) in [7, 11) is 3.24. The number of benzene rings is 2. The van der Waals surface area contributed by atoms with E-state index in [9.17, 15) is 9.59 Å². The molecule has 30 heavy (non-hydrogen) atoms. The van der Waals surface area contributed by atoms with E-state index in [0.29, 0.717) is 39.6 Å². The lowest BCUT2D eigenvalue weighted by Crippen LogP contribution is -2.11. The van der Waals surface area contributed by atoms with E-state index < -0.39 is 0 Å². The number of nitrogens with zero attached hydrogens (tertiary/aromatic N) is 3. The van der Waals surface area contributed by atoms with Crippen LogP contribution >= 0.6 is 0 Å². The van der Waals surface area contributed by atoms with E-state index in [1.165, 1.54) is 7.11 Å². The molecule has 0 saturated carbocycles. The number of methoxy groups -OCH3 is 1. The molecule has 4 aromatic rings. The topological polar surface area (TPSA) is 99.1 Å². The van der Waals surface area contributed by atoms with Crippen molar-refractivity contribution in [2.45, 2.75) is 13.3 Å². The van der Waals surface area contributed by atoms with Crippen LogP contribution in [0, 0.1) is 0 Å². The summed E-state index contributed by atoms with van der Waals surface area (Å²) in [5.41, 5.74) is 2.13.